The molecule has 0 atom stereocenters. The lowest BCUT2D eigenvalue weighted by atomic mass is 9.86. The molecule has 2 aliphatic rings. The molecule has 7 nitrogen and oxygen atoms in total. The summed E-state index contributed by atoms with van der Waals surface area (Å²) < 4.78 is 6.08. The number of hydrogen-bond acceptors (Lipinski definition) is 4. The highest BCUT2D eigenvalue weighted by Gasteiger charge is 2.36. The molecule has 7 heteroatoms. The third-order valence-corrected chi connectivity index (χ3v) is 7.32. The summed E-state index contributed by atoms with van der Waals surface area (Å²) in [4.78, 5) is 30.4. The standard InChI is InChI=1S/C32H30N4O3/c1-22-10-12-23(13-11-22)33-32(38)34-24-14-16-25(17-15-24)35-18-20-36(21-19-35)31(37)30-26-6-2-4-8-28(26)39-29-9-5-3-7-27(29)30/h2-17,30H,18-21H2,1H3,(H2,33,34,38). The quantitative estimate of drug-likeness (QED) is 0.336. The number of para-hydroxylation sites is 2. The number of urea groups is 1. The van der Waals surface area contributed by atoms with Gasteiger partial charge in [0.1, 0.15) is 11.5 Å². The van der Waals surface area contributed by atoms with Crippen molar-refractivity contribution >= 4 is 29.0 Å². The lowest BCUT2D eigenvalue weighted by Crippen LogP contribution is -2.50. The lowest BCUT2D eigenvalue weighted by molar-refractivity contribution is -0.132. The molecule has 0 aliphatic carbocycles. The van der Waals surface area contributed by atoms with Crippen LogP contribution in [0.4, 0.5) is 21.9 Å². The van der Waals surface area contributed by atoms with Crippen LogP contribution in [0.1, 0.15) is 22.6 Å². The Hall–Kier alpha value is -4.78. The van der Waals surface area contributed by atoms with E-state index in [9.17, 15) is 9.59 Å². The molecule has 0 spiro atoms. The van der Waals surface area contributed by atoms with Crippen molar-refractivity contribution in [2.24, 2.45) is 0 Å². The molecule has 0 bridgehead atoms. The lowest BCUT2D eigenvalue weighted by Gasteiger charge is -2.38. The van der Waals surface area contributed by atoms with E-state index in [4.69, 9.17) is 4.74 Å². The molecule has 6 rings (SSSR count). The number of hydrogen-bond donors (Lipinski definition) is 2. The zero-order valence-electron chi connectivity index (χ0n) is 21.8. The number of amides is 3. The Bertz CT molecular complexity index is 1450. The number of nitrogens with zero attached hydrogens (tertiary/aromatic N) is 2. The molecule has 0 unspecified atom stereocenters. The monoisotopic (exact) mass is 518 g/mol. The van der Waals surface area contributed by atoms with Gasteiger partial charge in [0.2, 0.25) is 5.91 Å². The van der Waals surface area contributed by atoms with Gasteiger partial charge in [0, 0.05) is 54.4 Å². The Morgan fingerprint density at radius 2 is 1.21 bits per heavy atom. The number of ether oxygens (including phenoxy) is 1. The SMILES string of the molecule is Cc1ccc(NC(=O)Nc2ccc(N3CCN(C(=O)C4c5ccccc5Oc5ccccc54)CC3)cc2)cc1. The topological polar surface area (TPSA) is 73.9 Å². The minimum absolute atomic E-state index is 0.108. The molecule has 0 aromatic heterocycles. The Labute approximate surface area is 228 Å². The molecule has 39 heavy (non-hydrogen) atoms. The third kappa shape index (κ3) is 5.16. The van der Waals surface area contributed by atoms with Crippen molar-refractivity contribution in [2.45, 2.75) is 12.8 Å². The number of carbonyl (C=O) groups excluding carboxylic acids is 2. The molecule has 0 radical (unpaired) electrons. The number of benzene rings is 4. The maximum Gasteiger partial charge on any atom is 0.323 e. The van der Waals surface area contributed by atoms with Gasteiger partial charge in [0.25, 0.3) is 0 Å². The summed E-state index contributed by atoms with van der Waals surface area (Å²) in [6, 6.07) is 30.8. The minimum atomic E-state index is -0.367. The molecule has 1 fully saturated rings. The van der Waals surface area contributed by atoms with Crippen LogP contribution in [-0.4, -0.2) is 43.0 Å². The fourth-order valence-corrected chi connectivity index (χ4v) is 5.23. The van der Waals surface area contributed by atoms with Crippen molar-refractivity contribution in [2.75, 3.05) is 41.7 Å². The number of nitrogens with one attached hydrogen (secondary N) is 2. The fourth-order valence-electron chi connectivity index (χ4n) is 5.23. The molecule has 3 amide bonds. The average molecular weight is 519 g/mol. The van der Waals surface area contributed by atoms with E-state index in [1.165, 1.54) is 0 Å². The van der Waals surface area contributed by atoms with Gasteiger partial charge in [-0.2, -0.15) is 0 Å². The van der Waals surface area contributed by atoms with Crippen LogP contribution in [-0.2, 0) is 4.79 Å². The van der Waals surface area contributed by atoms with Gasteiger partial charge < -0.3 is 25.2 Å². The van der Waals surface area contributed by atoms with E-state index >= 15 is 0 Å². The third-order valence-electron chi connectivity index (χ3n) is 7.32. The first-order valence-electron chi connectivity index (χ1n) is 13.2. The second kappa shape index (κ2) is 10.5. The molecule has 1 saturated heterocycles. The van der Waals surface area contributed by atoms with Gasteiger partial charge >= 0.3 is 6.03 Å². The predicted molar refractivity (Wildman–Crippen MR) is 154 cm³/mol. The van der Waals surface area contributed by atoms with Crippen molar-refractivity contribution in [1.82, 2.24) is 4.90 Å². The average Bonchev–Trinajstić information content (AvgIpc) is 2.97. The molecule has 2 N–H and O–H groups in total. The zero-order chi connectivity index (χ0) is 26.8. The molecule has 0 saturated carbocycles. The van der Waals surface area contributed by atoms with E-state index in [-0.39, 0.29) is 17.9 Å². The zero-order valence-corrected chi connectivity index (χ0v) is 21.8. The van der Waals surface area contributed by atoms with Crippen LogP contribution in [0.5, 0.6) is 11.5 Å². The molecule has 2 heterocycles. The Balaban J connectivity index is 1.08. The summed E-state index contributed by atoms with van der Waals surface area (Å²) in [5.41, 5.74) is 5.49. The highest BCUT2D eigenvalue weighted by Crippen LogP contribution is 2.44. The van der Waals surface area contributed by atoms with Gasteiger partial charge in [-0.3, -0.25) is 4.79 Å². The molecule has 4 aromatic rings. The van der Waals surface area contributed by atoms with Gasteiger partial charge in [-0.15, -0.1) is 0 Å². The predicted octanol–water partition coefficient (Wildman–Crippen LogP) is 6.23. The summed E-state index contributed by atoms with van der Waals surface area (Å²) in [7, 11) is 0. The number of fused-ring (bicyclic) bond motifs is 2. The maximum absolute atomic E-state index is 13.8. The van der Waals surface area contributed by atoms with Crippen LogP contribution in [0.15, 0.2) is 97.1 Å². The summed E-state index contributed by atoms with van der Waals surface area (Å²) in [6.07, 6.45) is 0. The normalized spacial score (nSPS) is 14.6. The van der Waals surface area contributed by atoms with Gasteiger partial charge in [-0.1, -0.05) is 54.1 Å². The first-order valence-corrected chi connectivity index (χ1v) is 13.2. The molecule has 4 aromatic carbocycles. The first-order chi connectivity index (χ1) is 19.0. The fraction of sp³-hybridized carbons (Fsp3) is 0.188. The van der Waals surface area contributed by atoms with Crippen LogP contribution >= 0.6 is 0 Å². The van der Waals surface area contributed by atoms with Crippen LogP contribution < -0.4 is 20.3 Å². The summed E-state index contributed by atoms with van der Waals surface area (Å²) in [5.74, 6) is 1.23. The second-order valence-electron chi connectivity index (χ2n) is 9.92. The summed E-state index contributed by atoms with van der Waals surface area (Å²) in [5, 5.41) is 5.72. The van der Waals surface area contributed by atoms with Crippen LogP contribution in [0.25, 0.3) is 0 Å². The van der Waals surface area contributed by atoms with Gasteiger partial charge in [0.05, 0.1) is 5.92 Å². The van der Waals surface area contributed by atoms with Crippen molar-refractivity contribution in [3.05, 3.63) is 114 Å². The minimum Gasteiger partial charge on any atom is -0.457 e. The van der Waals surface area contributed by atoms with Gasteiger partial charge in [0.15, 0.2) is 0 Å². The molecular formula is C32H30N4O3. The van der Waals surface area contributed by atoms with Crippen molar-refractivity contribution in [3.8, 4) is 11.5 Å². The van der Waals surface area contributed by atoms with Crippen molar-refractivity contribution < 1.29 is 14.3 Å². The number of rotatable bonds is 4. The Kier molecular flexibility index (Phi) is 6.63. The van der Waals surface area contributed by atoms with E-state index < -0.39 is 0 Å². The summed E-state index contributed by atoms with van der Waals surface area (Å²) >= 11 is 0. The number of anilines is 3. The Morgan fingerprint density at radius 3 is 1.77 bits per heavy atom. The van der Waals surface area contributed by atoms with Gasteiger partial charge in [-0.25, -0.2) is 4.79 Å². The van der Waals surface area contributed by atoms with Crippen molar-refractivity contribution in [3.63, 3.8) is 0 Å². The smallest absolute Gasteiger partial charge is 0.323 e. The second-order valence-corrected chi connectivity index (χ2v) is 9.92. The maximum atomic E-state index is 13.8. The largest absolute Gasteiger partial charge is 0.457 e. The first kappa shape index (κ1) is 24.6. The van der Waals surface area contributed by atoms with Crippen LogP contribution in [0.3, 0.4) is 0 Å². The highest BCUT2D eigenvalue weighted by molar-refractivity contribution is 5.99. The van der Waals surface area contributed by atoms with Crippen LogP contribution in [0.2, 0.25) is 0 Å². The van der Waals surface area contributed by atoms with E-state index in [0.29, 0.717) is 18.8 Å². The number of piperazine rings is 1. The number of aryl methyl sites for hydroxylation is 1. The van der Waals surface area contributed by atoms with Crippen molar-refractivity contribution in [1.29, 1.82) is 0 Å². The van der Waals surface area contributed by atoms with Gasteiger partial charge in [-0.05, 0) is 55.5 Å². The number of carbonyl (C=O) groups is 2. The Morgan fingerprint density at radius 1 is 0.692 bits per heavy atom. The highest BCUT2D eigenvalue weighted by atomic mass is 16.5. The van der Waals surface area contributed by atoms with E-state index in [1.807, 2.05) is 109 Å². The van der Waals surface area contributed by atoms with Crippen LogP contribution in [0, 0.1) is 6.92 Å². The van der Waals surface area contributed by atoms with E-state index in [0.717, 1.165) is 52.7 Å². The van der Waals surface area contributed by atoms with E-state index in [2.05, 4.69) is 15.5 Å². The van der Waals surface area contributed by atoms with E-state index in [1.54, 1.807) is 0 Å². The molecular weight excluding hydrogens is 488 g/mol. The molecule has 2 aliphatic heterocycles. The summed E-state index contributed by atoms with van der Waals surface area (Å²) in [6.45, 7) is 4.75. The molecule has 196 valence electrons.